The zero-order valence-electron chi connectivity index (χ0n) is 16.1. The first kappa shape index (κ1) is 19.3. The Morgan fingerprint density at radius 3 is 2.70 bits per heavy atom. The van der Waals surface area contributed by atoms with Crippen molar-refractivity contribution in [2.45, 2.75) is 6.92 Å². The molecule has 0 aliphatic rings. The Morgan fingerprint density at radius 1 is 1.07 bits per heavy atom. The number of hydrogen-bond donors (Lipinski definition) is 1. The maximum absolute atomic E-state index is 13.7. The second kappa shape index (κ2) is 8.57. The molecule has 1 amide bonds. The molecule has 150 valence electrons. The minimum atomic E-state index is -0.513. The average Bonchev–Trinajstić information content (AvgIpc) is 3.24. The first-order chi connectivity index (χ1) is 14.6. The van der Waals surface area contributed by atoms with Crippen LogP contribution in [0.1, 0.15) is 5.56 Å². The van der Waals surface area contributed by atoms with E-state index in [1.54, 1.807) is 36.4 Å². The van der Waals surface area contributed by atoms with Crippen molar-refractivity contribution >= 4 is 11.6 Å². The predicted molar refractivity (Wildman–Crippen MR) is 110 cm³/mol. The molecule has 0 aliphatic carbocycles. The minimum absolute atomic E-state index is 0.0964. The first-order valence-electron chi connectivity index (χ1n) is 9.27. The molecule has 0 atom stereocenters. The zero-order chi connectivity index (χ0) is 20.9. The Kier molecular flexibility index (Phi) is 5.52. The highest BCUT2D eigenvalue weighted by molar-refractivity contribution is 5.92. The first-order valence-corrected chi connectivity index (χ1v) is 9.27. The Bertz CT molecular complexity index is 1190. The number of carbonyl (C=O) groups excluding carboxylic acids is 1. The van der Waals surface area contributed by atoms with Gasteiger partial charge in [0.2, 0.25) is 5.82 Å². The normalized spacial score (nSPS) is 10.6. The van der Waals surface area contributed by atoms with Gasteiger partial charge in [0.15, 0.2) is 6.61 Å². The molecule has 4 aromatic rings. The van der Waals surface area contributed by atoms with Gasteiger partial charge in [-0.15, -0.1) is 0 Å². The molecule has 7 heteroatoms. The molecule has 0 bridgehead atoms. The number of amides is 1. The van der Waals surface area contributed by atoms with Crippen LogP contribution in [0.5, 0.6) is 5.75 Å². The molecule has 0 aliphatic heterocycles. The van der Waals surface area contributed by atoms with Gasteiger partial charge in [-0.1, -0.05) is 53.2 Å². The van der Waals surface area contributed by atoms with Gasteiger partial charge in [0.25, 0.3) is 11.8 Å². The molecule has 0 saturated carbocycles. The van der Waals surface area contributed by atoms with E-state index in [0.717, 1.165) is 11.1 Å². The number of nitrogens with one attached hydrogen (secondary N) is 1. The predicted octanol–water partition coefficient (Wildman–Crippen LogP) is 4.87. The van der Waals surface area contributed by atoms with Gasteiger partial charge in [-0.2, -0.15) is 4.98 Å². The van der Waals surface area contributed by atoms with E-state index in [1.807, 2.05) is 31.2 Å². The molecule has 1 heterocycles. The lowest BCUT2D eigenvalue weighted by Crippen LogP contribution is -2.20. The Labute approximate surface area is 172 Å². The van der Waals surface area contributed by atoms with E-state index in [9.17, 15) is 9.18 Å². The third-order valence-electron chi connectivity index (χ3n) is 4.33. The molecule has 0 fully saturated rings. The number of carbonyl (C=O) groups is 1. The fourth-order valence-corrected chi connectivity index (χ4v) is 2.90. The van der Waals surface area contributed by atoms with E-state index in [0.29, 0.717) is 17.1 Å². The summed E-state index contributed by atoms with van der Waals surface area (Å²) in [5, 5.41) is 6.52. The van der Waals surface area contributed by atoms with E-state index >= 15 is 0 Å². The van der Waals surface area contributed by atoms with Crippen LogP contribution in [-0.2, 0) is 4.79 Å². The molecule has 30 heavy (non-hydrogen) atoms. The summed E-state index contributed by atoms with van der Waals surface area (Å²) in [4.78, 5) is 16.6. The van der Waals surface area contributed by atoms with Crippen molar-refractivity contribution in [2.75, 3.05) is 11.9 Å². The van der Waals surface area contributed by atoms with Gasteiger partial charge in [0.05, 0.1) is 11.3 Å². The third-order valence-corrected chi connectivity index (χ3v) is 4.33. The van der Waals surface area contributed by atoms with Crippen LogP contribution in [0, 0.1) is 12.7 Å². The Hall–Kier alpha value is -4.00. The number of benzene rings is 3. The van der Waals surface area contributed by atoms with Gasteiger partial charge in [-0.05, 0) is 37.3 Å². The monoisotopic (exact) mass is 403 g/mol. The Balaban J connectivity index is 1.49. The number of aromatic nitrogens is 2. The summed E-state index contributed by atoms with van der Waals surface area (Å²) in [7, 11) is 0. The van der Waals surface area contributed by atoms with Crippen LogP contribution in [0.15, 0.2) is 77.3 Å². The molecule has 6 nitrogen and oxygen atoms in total. The van der Waals surface area contributed by atoms with E-state index in [1.165, 1.54) is 12.1 Å². The number of aryl methyl sites for hydroxylation is 1. The van der Waals surface area contributed by atoms with Crippen molar-refractivity contribution in [2.24, 2.45) is 0 Å². The third kappa shape index (κ3) is 4.35. The molecule has 4 rings (SSSR count). The highest BCUT2D eigenvalue weighted by Gasteiger charge is 2.16. The molecular weight excluding hydrogens is 385 g/mol. The van der Waals surface area contributed by atoms with Gasteiger partial charge in [0, 0.05) is 5.56 Å². The molecule has 0 spiro atoms. The van der Waals surface area contributed by atoms with Crippen LogP contribution in [0.3, 0.4) is 0 Å². The fraction of sp³-hybridized carbons (Fsp3) is 0.0870. The van der Waals surface area contributed by atoms with Gasteiger partial charge < -0.3 is 14.6 Å². The summed E-state index contributed by atoms with van der Waals surface area (Å²) < 4.78 is 24.7. The largest absolute Gasteiger partial charge is 0.483 e. The van der Waals surface area contributed by atoms with Gasteiger partial charge in [-0.25, -0.2) is 4.39 Å². The Morgan fingerprint density at radius 2 is 1.87 bits per heavy atom. The van der Waals surface area contributed by atoms with Gasteiger partial charge in [0.1, 0.15) is 11.6 Å². The highest BCUT2D eigenvalue weighted by Crippen LogP contribution is 2.30. The smallest absolute Gasteiger partial charge is 0.262 e. The van der Waals surface area contributed by atoms with Crippen molar-refractivity contribution in [1.29, 1.82) is 0 Å². The number of halogens is 1. The van der Waals surface area contributed by atoms with E-state index in [2.05, 4.69) is 15.5 Å². The van der Waals surface area contributed by atoms with Crippen LogP contribution in [0.25, 0.3) is 22.8 Å². The fourth-order valence-electron chi connectivity index (χ4n) is 2.90. The quantitative estimate of drug-likeness (QED) is 0.497. The average molecular weight is 403 g/mol. The van der Waals surface area contributed by atoms with Crippen molar-refractivity contribution < 1.29 is 18.4 Å². The van der Waals surface area contributed by atoms with Crippen LogP contribution in [-0.4, -0.2) is 22.7 Å². The summed E-state index contributed by atoms with van der Waals surface area (Å²) in [6, 6.07) is 20.7. The summed E-state index contributed by atoms with van der Waals surface area (Å²) in [6.45, 7) is 1.68. The number of anilines is 1. The van der Waals surface area contributed by atoms with Crippen LogP contribution >= 0.6 is 0 Å². The van der Waals surface area contributed by atoms with E-state index in [-0.39, 0.29) is 18.2 Å². The molecule has 0 radical (unpaired) electrons. The lowest BCUT2D eigenvalue weighted by molar-refractivity contribution is -0.118. The molecule has 1 aromatic heterocycles. The summed E-state index contributed by atoms with van der Waals surface area (Å²) in [5.41, 5.74) is 2.58. The summed E-state index contributed by atoms with van der Waals surface area (Å²) in [5.74, 6) is 0.139. The number of ether oxygens (including phenoxy) is 1. The molecule has 3 aromatic carbocycles. The topological polar surface area (TPSA) is 77.2 Å². The minimum Gasteiger partial charge on any atom is -0.483 e. The lowest BCUT2D eigenvalue weighted by Gasteiger charge is -2.10. The van der Waals surface area contributed by atoms with E-state index in [4.69, 9.17) is 9.26 Å². The van der Waals surface area contributed by atoms with Gasteiger partial charge >= 0.3 is 0 Å². The standard InChI is InChI=1S/C23H18FN3O3/c1-15-7-6-8-16(13-15)22-26-23(30-27-22)17-9-2-5-12-20(17)29-14-21(28)25-19-11-4-3-10-18(19)24/h2-13H,14H2,1H3,(H,25,28). The molecule has 1 N–H and O–H groups in total. The zero-order valence-corrected chi connectivity index (χ0v) is 16.1. The second-order valence-corrected chi connectivity index (χ2v) is 6.61. The molecule has 0 saturated heterocycles. The van der Waals surface area contributed by atoms with Crippen LogP contribution in [0.2, 0.25) is 0 Å². The molecular formula is C23H18FN3O3. The summed E-state index contributed by atoms with van der Waals surface area (Å²) in [6.07, 6.45) is 0. The van der Waals surface area contributed by atoms with Gasteiger partial charge in [-0.3, -0.25) is 4.79 Å². The lowest BCUT2D eigenvalue weighted by atomic mass is 10.1. The van der Waals surface area contributed by atoms with Crippen molar-refractivity contribution in [1.82, 2.24) is 10.1 Å². The molecule has 0 unspecified atom stereocenters. The van der Waals surface area contributed by atoms with Crippen LogP contribution < -0.4 is 10.1 Å². The maximum Gasteiger partial charge on any atom is 0.262 e. The van der Waals surface area contributed by atoms with E-state index < -0.39 is 11.7 Å². The number of rotatable bonds is 6. The number of hydrogen-bond acceptors (Lipinski definition) is 5. The maximum atomic E-state index is 13.7. The summed E-state index contributed by atoms with van der Waals surface area (Å²) >= 11 is 0. The van der Waals surface area contributed by atoms with Crippen LogP contribution in [0.4, 0.5) is 10.1 Å². The number of nitrogens with zero attached hydrogens (tertiary/aromatic N) is 2. The van der Waals surface area contributed by atoms with Crippen molar-refractivity contribution in [3.05, 3.63) is 84.2 Å². The SMILES string of the molecule is Cc1cccc(-c2noc(-c3ccccc3OCC(=O)Nc3ccccc3F)n2)c1. The number of para-hydroxylation sites is 2. The second-order valence-electron chi connectivity index (χ2n) is 6.61. The van der Waals surface area contributed by atoms with Crippen molar-refractivity contribution in [3.63, 3.8) is 0 Å². The van der Waals surface area contributed by atoms with Crippen molar-refractivity contribution in [3.8, 4) is 28.6 Å². The highest BCUT2D eigenvalue weighted by atomic mass is 19.1.